The zero-order chi connectivity index (χ0) is 28.7. The summed E-state index contributed by atoms with van der Waals surface area (Å²) in [4.78, 5) is 15.5. The van der Waals surface area contributed by atoms with Gasteiger partial charge in [-0.15, -0.1) is 17.7 Å². The third kappa shape index (κ3) is 5.77. The number of aromatic hydroxyl groups is 1. The van der Waals surface area contributed by atoms with Crippen LogP contribution in [0.25, 0.3) is 44.0 Å². The summed E-state index contributed by atoms with van der Waals surface area (Å²) in [6.07, 6.45) is 5.77. The summed E-state index contributed by atoms with van der Waals surface area (Å²) in [5.41, 5.74) is 7.05. The van der Waals surface area contributed by atoms with E-state index in [1.807, 2.05) is 18.3 Å². The van der Waals surface area contributed by atoms with Gasteiger partial charge in [-0.3, -0.25) is 4.79 Å². The number of Topliss-reactive ketones (excluding diaryl/α,β-unsaturated/α-hetero) is 1. The molecule has 0 aliphatic heterocycles. The van der Waals surface area contributed by atoms with Crippen molar-refractivity contribution < 1.29 is 34.4 Å². The molecular weight excluding hydrogens is 699 g/mol. The fourth-order valence-electron chi connectivity index (χ4n) is 6.21. The number of furan rings is 1. The number of aromatic nitrogens is 1. The van der Waals surface area contributed by atoms with Gasteiger partial charge in [0.15, 0.2) is 5.78 Å². The molecule has 1 aliphatic rings. The van der Waals surface area contributed by atoms with Crippen LogP contribution in [0, 0.1) is 18.4 Å². The average Bonchev–Trinajstić information content (AvgIpc) is 3.52. The number of carbonyl (C=O) groups excluding carboxylic acids is 1. The van der Waals surface area contributed by atoms with Crippen molar-refractivity contribution in [2.24, 2.45) is 5.41 Å². The van der Waals surface area contributed by atoms with Crippen molar-refractivity contribution in [1.29, 1.82) is 0 Å². The summed E-state index contributed by atoms with van der Waals surface area (Å²) >= 11 is 0. The number of para-hydroxylation sites is 2. The number of phenolic OH excluding ortho intramolecular Hbond substituents is 1. The van der Waals surface area contributed by atoms with Gasteiger partial charge in [-0.25, -0.2) is 0 Å². The van der Waals surface area contributed by atoms with Gasteiger partial charge in [-0.2, -0.15) is 0 Å². The molecule has 6 aromatic rings. The van der Waals surface area contributed by atoms with Gasteiger partial charge < -0.3 is 14.5 Å². The molecule has 1 N–H and O–H groups in total. The number of fused-ring (bicyclic) bond motifs is 4. The number of hydrogen-bond acceptors (Lipinski definition) is 4. The van der Waals surface area contributed by atoms with Crippen LogP contribution in [0.5, 0.6) is 5.75 Å². The quantitative estimate of drug-likeness (QED) is 0.145. The maximum atomic E-state index is 10.7. The molecule has 1 unspecified atom stereocenters. The van der Waals surface area contributed by atoms with Gasteiger partial charge in [-0.05, 0) is 83.8 Å². The SMILES string of the molecule is CC(=O)c1ccccc1O.Cc1[c-]c(-c2nccc3cc(C4CCC(C)(C)C4)ccc23)c2oc3ccccc3c2c1.[Ir]. The summed E-state index contributed by atoms with van der Waals surface area (Å²) in [6, 6.07) is 29.5. The second kappa shape index (κ2) is 11.8. The van der Waals surface area contributed by atoms with Gasteiger partial charge in [0, 0.05) is 31.7 Å². The Balaban J connectivity index is 0.000000275. The van der Waals surface area contributed by atoms with Crippen molar-refractivity contribution in [3.8, 4) is 17.0 Å². The minimum absolute atomic E-state index is 0. The van der Waals surface area contributed by atoms with Gasteiger partial charge in [-0.1, -0.05) is 80.3 Å². The molecule has 5 heteroatoms. The fourth-order valence-corrected chi connectivity index (χ4v) is 6.21. The maximum absolute atomic E-state index is 10.7. The van der Waals surface area contributed by atoms with E-state index in [9.17, 15) is 4.79 Å². The number of nitrogens with zero attached hydrogens (tertiary/aromatic N) is 1. The molecule has 0 spiro atoms. The molecule has 0 amide bonds. The van der Waals surface area contributed by atoms with E-state index in [-0.39, 0.29) is 31.6 Å². The Bertz CT molecular complexity index is 1920. The molecule has 0 bridgehead atoms. The van der Waals surface area contributed by atoms with Crippen LogP contribution in [-0.4, -0.2) is 15.9 Å². The monoisotopic (exact) mass is 733 g/mol. The molecule has 2 heterocycles. The van der Waals surface area contributed by atoms with Crippen molar-refractivity contribution in [2.45, 2.75) is 52.9 Å². The van der Waals surface area contributed by atoms with Crippen LogP contribution in [0.15, 0.2) is 89.5 Å². The summed E-state index contributed by atoms with van der Waals surface area (Å²) < 4.78 is 6.30. The summed E-state index contributed by atoms with van der Waals surface area (Å²) in [7, 11) is 0. The van der Waals surface area contributed by atoms with Crippen molar-refractivity contribution in [1.82, 2.24) is 4.98 Å². The number of carbonyl (C=O) groups is 1. The van der Waals surface area contributed by atoms with Crippen LogP contribution < -0.4 is 0 Å². The van der Waals surface area contributed by atoms with Gasteiger partial charge >= 0.3 is 0 Å². The molecule has 1 atom stereocenters. The number of ketones is 1. The molecule has 1 aliphatic carbocycles. The zero-order valence-corrected chi connectivity index (χ0v) is 26.7. The topological polar surface area (TPSA) is 63.3 Å². The van der Waals surface area contributed by atoms with E-state index in [0.717, 1.165) is 44.1 Å². The molecular formula is C37H34IrNO3-. The predicted octanol–water partition coefficient (Wildman–Crippen LogP) is 9.80. The molecule has 2 aromatic heterocycles. The Labute approximate surface area is 260 Å². The molecule has 215 valence electrons. The Hall–Kier alpha value is -3.79. The van der Waals surface area contributed by atoms with E-state index >= 15 is 0 Å². The van der Waals surface area contributed by atoms with E-state index in [4.69, 9.17) is 14.5 Å². The van der Waals surface area contributed by atoms with Crippen LogP contribution in [0.4, 0.5) is 0 Å². The standard InChI is InChI=1S/C29H26NO.C8H8O2.Ir/c1-18-14-24-23-6-4-5-7-26(23)31-28(24)25(15-18)27-22-9-8-19(16-20(22)11-13-30-27)21-10-12-29(2,3)17-21;1-6(9)7-4-2-3-5-8(7)10;/h4-9,11,13-14,16,21H,10,12,17H2,1-3H3;2-5,10H,1H3;/q-1;;. The molecule has 1 radical (unpaired) electrons. The van der Waals surface area contributed by atoms with E-state index in [1.54, 1.807) is 18.2 Å². The number of phenols is 1. The van der Waals surface area contributed by atoms with E-state index in [1.165, 1.54) is 43.2 Å². The van der Waals surface area contributed by atoms with Crippen molar-refractivity contribution in [3.63, 3.8) is 0 Å². The van der Waals surface area contributed by atoms with Crippen molar-refractivity contribution in [2.75, 3.05) is 0 Å². The second-order valence-corrected chi connectivity index (χ2v) is 12.0. The molecule has 1 saturated carbocycles. The Morgan fingerprint density at radius 1 is 0.976 bits per heavy atom. The third-order valence-corrected chi connectivity index (χ3v) is 8.29. The van der Waals surface area contributed by atoms with Crippen LogP contribution in [0.1, 0.15) is 67.4 Å². The molecule has 0 saturated heterocycles. The molecule has 4 nitrogen and oxygen atoms in total. The largest absolute Gasteiger partial charge is 0.507 e. The smallest absolute Gasteiger partial charge is 0.163 e. The normalized spacial score (nSPS) is 15.8. The maximum Gasteiger partial charge on any atom is 0.163 e. The van der Waals surface area contributed by atoms with Gasteiger partial charge in [0.25, 0.3) is 0 Å². The number of benzene rings is 4. The van der Waals surface area contributed by atoms with Gasteiger partial charge in [0.2, 0.25) is 0 Å². The van der Waals surface area contributed by atoms with E-state index in [0.29, 0.717) is 16.9 Å². The number of rotatable bonds is 3. The Morgan fingerprint density at radius 2 is 1.74 bits per heavy atom. The summed E-state index contributed by atoms with van der Waals surface area (Å²) in [6.45, 7) is 8.30. The first-order valence-electron chi connectivity index (χ1n) is 14.2. The van der Waals surface area contributed by atoms with E-state index < -0.39 is 0 Å². The van der Waals surface area contributed by atoms with Crippen molar-refractivity contribution in [3.05, 3.63) is 108 Å². The first-order valence-corrected chi connectivity index (χ1v) is 14.2. The minimum Gasteiger partial charge on any atom is -0.507 e. The van der Waals surface area contributed by atoms with Crippen LogP contribution in [-0.2, 0) is 20.1 Å². The number of hydrogen-bond donors (Lipinski definition) is 1. The van der Waals surface area contributed by atoms with Crippen LogP contribution in [0.2, 0.25) is 0 Å². The van der Waals surface area contributed by atoms with Crippen molar-refractivity contribution >= 4 is 38.5 Å². The minimum atomic E-state index is -0.113. The zero-order valence-electron chi connectivity index (χ0n) is 24.3. The average molecular weight is 733 g/mol. The van der Waals surface area contributed by atoms with Gasteiger partial charge in [0.05, 0.1) is 11.1 Å². The Kier molecular flexibility index (Phi) is 8.37. The molecule has 4 aromatic carbocycles. The second-order valence-electron chi connectivity index (χ2n) is 12.0. The number of aryl methyl sites for hydroxylation is 1. The first kappa shape index (κ1) is 29.7. The third-order valence-electron chi connectivity index (χ3n) is 8.29. The van der Waals surface area contributed by atoms with E-state index in [2.05, 4.69) is 69.3 Å². The van der Waals surface area contributed by atoms with Crippen LogP contribution >= 0.6 is 0 Å². The number of pyridine rings is 1. The predicted molar refractivity (Wildman–Crippen MR) is 167 cm³/mol. The fraction of sp³-hybridized carbons (Fsp3) is 0.243. The Morgan fingerprint density at radius 3 is 2.45 bits per heavy atom. The summed E-state index contributed by atoms with van der Waals surface area (Å²) in [5, 5.41) is 13.7. The molecule has 7 rings (SSSR count). The first-order chi connectivity index (χ1) is 19.7. The molecule has 1 fully saturated rings. The summed E-state index contributed by atoms with van der Waals surface area (Å²) in [5.74, 6) is 0.594. The van der Waals surface area contributed by atoms with Crippen LogP contribution in [0.3, 0.4) is 0 Å². The molecule has 42 heavy (non-hydrogen) atoms. The van der Waals surface area contributed by atoms with Gasteiger partial charge in [0.1, 0.15) is 11.3 Å².